The Morgan fingerprint density at radius 1 is 1.03 bits per heavy atom. The molecular formula is C49H60FN3O10. The van der Waals surface area contributed by atoms with Crippen LogP contribution in [-0.4, -0.2) is 76.6 Å². The zero-order valence-corrected chi connectivity index (χ0v) is 36.1. The van der Waals surface area contributed by atoms with E-state index in [1.54, 1.807) is 53.5 Å². The molecule has 3 aromatic rings. The van der Waals surface area contributed by atoms with E-state index in [-0.39, 0.29) is 75.3 Å². The van der Waals surface area contributed by atoms with Crippen LogP contribution in [0.2, 0.25) is 0 Å². The van der Waals surface area contributed by atoms with Gasteiger partial charge in [0.05, 0.1) is 29.8 Å². The normalized spacial score (nSPS) is 22.8. The Balaban J connectivity index is 1.54. The van der Waals surface area contributed by atoms with Crippen molar-refractivity contribution >= 4 is 17.5 Å². The number of nitrogens with zero attached hydrogens (tertiary/aromatic N) is 3. The van der Waals surface area contributed by atoms with Crippen molar-refractivity contribution in [3.8, 4) is 11.5 Å². The summed E-state index contributed by atoms with van der Waals surface area (Å²) in [5.41, 5.74) is 3.35. The highest BCUT2D eigenvalue weighted by molar-refractivity contribution is 6.03. The molecule has 63 heavy (non-hydrogen) atoms. The summed E-state index contributed by atoms with van der Waals surface area (Å²) in [6, 6.07) is 17.4. The van der Waals surface area contributed by atoms with Gasteiger partial charge in [0.1, 0.15) is 36.6 Å². The van der Waals surface area contributed by atoms with Crippen molar-refractivity contribution in [3.63, 3.8) is 0 Å². The monoisotopic (exact) mass is 869 g/mol. The van der Waals surface area contributed by atoms with Gasteiger partial charge in [-0.3, -0.25) is 15.0 Å². The second-order valence-corrected chi connectivity index (χ2v) is 16.2. The average molecular weight is 870 g/mol. The first-order valence-electron chi connectivity index (χ1n) is 22.0. The molecule has 2 aliphatic carbocycles. The summed E-state index contributed by atoms with van der Waals surface area (Å²) in [7, 11) is 0. The molecule has 1 aliphatic heterocycles. The Labute approximate surface area is 369 Å². The summed E-state index contributed by atoms with van der Waals surface area (Å²) < 4.78 is 41.1. The van der Waals surface area contributed by atoms with Gasteiger partial charge < -0.3 is 34.0 Å². The second-order valence-electron chi connectivity index (χ2n) is 16.2. The number of carbonyl (C=O) groups excluding carboxylic acids is 1. The van der Waals surface area contributed by atoms with Gasteiger partial charge in [0.15, 0.2) is 0 Å². The Morgan fingerprint density at radius 2 is 1.79 bits per heavy atom. The fraction of sp³-hybridized carbons (Fsp3) is 0.469. The molecule has 6 unspecified atom stereocenters. The van der Waals surface area contributed by atoms with Crippen LogP contribution in [0, 0.1) is 33.7 Å². The first-order chi connectivity index (χ1) is 30.7. The number of ether oxygens (including phenoxy) is 4. The summed E-state index contributed by atoms with van der Waals surface area (Å²) in [5.74, 6) is -1.69. The van der Waals surface area contributed by atoms with E-state index >= 15 is 0 Å². The minimum Gasteiger partial charge on any atom is -0.489 e. The zero-order chi connectivity index (χ0) is 44.8. The van der Waals surface area contributed by atoms with Crippen molar-refractivity contribution in [1.82, 2.24) is 4.90 Å². The molecule has 6 atom stereocenters. The number of amides is 1. The minimum atomic E-state index is -1.48. The number of nitro benzene ring substituents is 1. The molecule has 3 aromatic carbocycles. The van der Waals surface area contributed by atoms with Crippen LogP contribution >= 0.6 is 0 Å². The SMILES string of the molecule is C=CCCOC(=O)N(CCC)C1CC(=NOCc2ccc([N+](=O)[O-])cc2)C2=CC(CCCCO)C(CCCCO)C3c4cc(OCc5ccccc5F)ccc4OC1(OCC=C)C23. The molecular weight excluding hydrogens is 810 g/mol. The highest BCUT2D eigenvalue weighted by Crippen LogP contribution is 2.62. The predicted molar refractivity (Wildman–Crippen MR) is 237 cm³/mol. The van der Waals surface area contributed by atoms with E-state index in [0.29, 0.717) is 60.6 Å². The number of non-ortho nitro benzene ring substituents is 1. The van der Waals surface area contributed by atoms with Gasteiger partial charge in [-0.15, -0.1) is 13.2 Å². The number of carbonyl (C=O) groups is 1. The first kappa shape index (κ1) is 46.9. The number of aliphatic hydroxyl groups excluding tert-OH is 2. The van der Waals surface area contributed by atoms with E-state index < -0.39 is 28.8 Å². The highest BCUT2D eigenvalue weighted by Gasteiger charge is 2.65. The summed E-state index contributed by atoms with van der Waals surface area (Å²) >= 11 is 0. The molecule has 338 valence electrons. The molecule has 0 aromatic heterocycles. The first-order valence-corrected chi connectivity index (χ1v) is 22.0. The van der Waals surface area contributed by atoms with Crippen LogP contribution in [-0.2, 0) is 27.5 Å². The topological polar surface area (TPSA) is 162 Å². The van der Waals surface area contributed by atoms with Crippen molar-refractivity contribution in [3.05, 3.63) is 136 Å². The van der Waals surface area contributed by atoms with E-state index in [0.717, 1.165) is 36.8 Å². The van der Waals surface area contributed by atoms with E-state index in [9.17, 15) is 29.5 Å². The number of nitro groups is 1. The summed E-state index contributed by atoms with van der Waals surface area (Å²) in [5, 5.41) is 36.0. The molecule has 1 saturated carbocycles. The number of allylic oxidation sites excluding steroid dienone is 1. The Morgan fingerprint density at radius 3 is 2.49 bits per heavy atom. The molecule has 2 N–H and O–H groups in total. The number of halogens is 1. The largest absolute Gasteiger partial charge is 0.489 e. The molecule has 13 nitrogen and oxygen atoms in total. The lowest BCUT2D eigenvalue weighted by Crippen LogP contribution is -2.70. The van der Waals surface area contributed by atoms with Crippen LogP contribution in [0.1, 0.15) is 87.3 Å². The molecule has 6 rings (SSSR count). The van der Waals surface area contributed by atoms with Crippen molar-refractivity contribution in [2.24, 2.45) is 22.9 Å². The molecule has 0 bridgehead atoms. The van der Waals surface area contributed by atoms with Crippen LogP contribution in [0.4, 0.5) is 14.9 Å². The lowest BCUT2D eigenvalue weighted by atomic mass is 9.55. The van der Waals surface area contributed by atoms with Crippen LogP contribution in [0.3, 0.4) is 0 Å². The number of unbranched alkanes of at least 4 members (excludes halogenated alkanes) is 2. The van der Waals surface area contributed by atoms with Crippen molar-refractivity contribution in [2.75, 3.05) is 33.0 Å². The maximum Gasteiger partial charge on any atom is 0.410 e. The smallest absolute Gasteiger partial charge is 0.410 e. The number of rotatable bonds is 24. The molecule has 1 fully saturated rings. The van der Waals surface area contributed by atoms with Gasteiger partial charge in [-0.25, -0.2) is 9.18 Å². The molecule has 3 aliphatic rings. The van der Waals surface area contributed by atoms with Crippen molar-refractivity contribution < 1.29 is 48.1 Å². The third kappa shape index (κ3) is 11.0. The zero-order valence-electron chi connectivity index (χ0n) is 36.1. The molecule has 14 heteroatoms. The fourth-order valence-electron chi connectivity index (χ4n) is 9.34. The Hall–Kier alpha value is -5.57. The van der Waals surface area contributed by atoms with Crippen LogP contribution < -0.4 is 9.47 Å². The number of benzene rings is 3. The van der Waals surface area contributed by atoms with Gasteiger partial charge in [-0.1, -0.05) is 61.3 Å². The Kier molecular flexibility index (Phi) is 16.9. The van der Waals surface area contributed by atoms with Gasteiger partial charge in [-0.2, -0.15) is 0 Å². The second kappa shape index (κ2) is 22.7. The molecule has 0 saturated heterocycles. The van der Waals surface area contributed by atoms with Gasteiger partial charge in [0.25, 0.3) is 5.69 Å². The number of fused-ring (bicyclic) bond motifs is 2. The standard InChI is InChI=1S/C49H60FN3O10/c1-4-7-28-59-48(56)52(24-5-2)45-31-43(51-62-32-34-18-20-37(21-19-34)53(57)58)40-29-35(14-10-12-25-54)39(16-11-13-26-55)46-41-30-38(60-33-36-15-8-9-17-42(36)50)22-23-44(41)63-49(45,47(40)46)61-27-6-3/h4,6,8-9,15,17-23,29-30,35,39,45-47,54-55H,1,3,5,7,10-14,16,24-28,31-33H2,2H3. The molecule has 0 radical (unpaired) electrons. The van der Waals surface area contributed by atoms with E-state index in [4.69, 9.17) is 28.9 Å². The third-order valence-corrected chi connectivity index (χ3v) is 12.2. The fourth-order valence-corrected chi connectivity index (χ4v) is 9.34. The maximum absolute atomic E-state index is 14.8. The Bertz CT molecular complexity index is 2090. The minimum absolute atomic E-state index is 0.00653. The van der Waals surface area contributed by atoms with Gasteiger partial charge >= 0.3 is 6.09 Å². The predicted octanol–water partition coefficient (Wildman–Crippen LogP) is 9.57. The average Bonchev–Trinajstić information content (AvgIpc) is 3.29. The quantitative estimate of drug-likeness (QED) is 0.0384. The van der Waals surface area contributed by atoms with E-state index in [1.807, 2.05) is 19.1 Å². The van der Waals surface area contributed by atoms with Crippen molar-refractivity contribution in [2.45, 2.75) is 95.7 Å². The number of oxime groups is 1. The lowest BCUT2D eigenvalue weighted by Gasteiger charge is -2.59. The summed E-state index contributed by atoms with van der Waals surface area (Å²) in [6.45, 7) is 10.4. The van der Waals surface area contributed by atoms with Gasteiger partial charge in [-0.05, 0) is 97.9 Å². The van der Waals surface area contributed by atoms with Crippen LogP contribution in [0.5, 0.6) is 11.5 Å². The maximum atomic E-state index is 14.8. The van der Waals surface area contributed by atoms with Crippen molar-refractivity contribution in [1.29, 1.82) is 0 Å². The summed E-state index contributed by atoms with van der Waals surface area (Å²) in [4.78, 5) is 32.9. The molecule has 0 spiro atoms. The van der Waals surface area contributed by atoms with Crippen LogP contribution in [0.15, 0.2) is 109 Å². The summed E-state index contributed by atoms with van der Waals surface area (Å²) in [6.07, 6.45) is 10.5. The highest BCUT2D eigenvalue weighted by atomic mass is 19.1. The molecule has 1 heterocycles. The van der Waals surface area contributed by atoms with E-state index in [2.05, 4.69) is 19.2 Å². The number of hydrogen-bond acceptors (Lipinski definition) is 11. The van der Waals surface area contributed by atoms with Crippen LogP contribution in [0.25, 0.3) is 0 Å². The molecule has 1 amide bonds. The lowest BCUT2D eigenvalue weighted by molar-refractivity contribution is -0.384. The third-order valence-electron chi connectivity index (χ3n) is 12.2. The van der Waals surface area contributed by atoms with Gasteiger partial charge in [0, 0.05) is 55.4 Å². The van der Waals surface area contributed by atoms with E-state index in [1.165, 1.54) is 18.2 Å². The number of aliphatic hydroxyl groups is 2. The van der Waals surface area contributed by atoms with Gasteiger partial charge in [0.2, 0.25) is 5.79 Å². The number of hydrogen-bond donors (Lipinski definition) is 2.